The van der Waals surface area contributed by atoms with Gasteiger partial charge in [0.05, 0.1) is 0 Å². The normalized spacial score (nSPS) is 23.6. The summed E-state index contributed by atoms with van der Waals surface area (Å²) in [6, 6.07) is 10.2. The summed E-state index contributed by atoms with van der Waals surface area (Å²) in [5.74, 6) is 0. The number of nitrogens with zero attached hydrogens (tertiary/aromatic N) is 1. The lowest BCUT2D eigenvalue weighted by Crippen LogP contribution is -2.39. The van der Waals surface area contributed by atoms with Crippen molar-refractivity contribution in [2.45, 2.75) is 51.6 Å². The van der Waals surface area contributed by atoms with E-state index in [9.17, 15) is 0 Å². The van der Waals surface area contributed by atoms with Gasteiger partial charge in [0, 0.05) is 16.6 Å². The molecule has 94 valence electrons. The van der Waals surface area contributed by atoms with E-state index in [0.717, 1.165) is 0 Å². The quantitative estimate of drug-likeness (QED) is 0.776. The van der Waals surface area contributed by atoms with Gasteiger partial charge in [-0.2, -0.15) is 0 Å². The van der Waals surface area contributed by atoms with E-state index >= 15 is 0 Å². The fraction of sp³-hybridized carbons (Fsp3) is 0.600. The van der Waals surface area contributed by atoms with Crippen molar-refractivity contribution in [3.8, 4) is 0 Å². The Labute approximate surface area is 113 Å². The van der Waals surface area contributed by atoms with E-state index in [0.29, 0.717) is 12.1 Å². The van der Waals surface area contributed by atoms with Crippen LogP contribution in [-0.4, -0.2) is 17.5 Å². The van der Waals surface area contributed by atoms with E-state index < -0.39 is 0 Å². The summed E-state index contributed by atoms with van der Waals surface area (Å²) in [5.41, 5.74) is 1.48. The summed E-state index contributed by atoms with van der Waals surface area (Å²) < 4.78 is 1.17. The monoisotopic (exact) mass is 295 g/mol. The Morgan fingerprint density at radius 2 is 2.00 bits per heavy atom. The molecule has 0 amide bonds. The van der Waals surface area contributed by atoms with Gasteiger partial charge in [-0.05, 0) is 50.4 Å². The van der Waals surface area contributed by atoms with Crippen LogP contribution in [-0.2, 0) is 0 Å². The second-order valence-corrected chi connectivity index (χ2v) is 5.97. The Hall–Kier alpha value is -0.340. The molecule has 2 unspecified atom stereocenters. The van der Waals surface area contributed by atoms with Crippen molar-refractivity contribution < 1.29 is 0 Å². The zero-order valence-corrected chi connectivity index (χ0v) is 12.4. The molecule has 0 radical (unpaired) electrons. The van der Waals surface area contributed by atoms with Gasteiger partial charge < -0.3 is 0 Å². The van der Waals surface area contributed by atoms with Crippen LogP contribution in [0.25, 0.3) is 0 Å². The van der Waals surface area contributed by atoms with Gasteiger partial charge in [-0.15, -0.1) is 0 Å². The van der Waals surface area contributed by atoms with Crippen LogP contribution >= 0.6 is 15.9 Å². The molecule has 0 N–H and O–H groups in total. The number of benzene rings is 1. The first-order valence-electron chi connectivity index (χ1n) is 6.73. The van der Waals surface area contributed by atoms with Crippen LogP contribution in [0, 0.1) is 0 Å². The molecule has 0 saturated carbocycles. The molecule has 1 aromatic rings. The van der Waals surface area contributed by atoms with Crippen LogP contribution in [0.1, 0.15) is 51.1 Å². The van der Waals surface area contributed by atoms with Crippen LogP contribution < -0.4 is 0 Å². The van der Waals surface area contributed by atoms with Gasteiger partial charge in [0.15, 0.2) is 0 Å². The van der Waals surface area contributed by atoms with Crippen molar-refractivity contribution in [2.75, 3.05) is 6.54 Å². The van der Waals surface area contributed by atoms with Crippen molar-refractivity contribution in [1.82, 2.24) is 4.90 Å². The zero-order valence-electron chi connectivity index (χ0n) is 10.8. The van der Waals surface area contributed by atoms with Gasteiger partial charge in [-0.25, -0.2) is 0 Å². The summed E-state index contributed by atoms with van der Waals surface area (Å²) in [4.78, 5) is 2.69. The maximum absolute atomic E-state index is 3.51. The van der Waals surface area contributed by atoms with Crippen LogP contribution in [0.4, 0.5) is 0 Å². The van der Waals surface area contributed by atoms with Crippen LogP contribution in [0.15, 0.2) is 28.7 Å². The van der Waals surface area contributed by atoms with Gasteiger partial charge >= 0.3 is 0 Å². The number of piperidine rings is 1. The van der Waals surface area contributed by atoms with Gasteiger partial charge in [0.2, 0.25) is 0 Å². The highest BCUT2D eigenvalue weighted by Crippen LogP contribution is 2.33. The average molecular weight is 296 g/mol. The first kappa shape index (κ1) is 13.1. The smallest absolute Gasteiger partial charge is 0.0350 e. The van der Waals surface area contributed by atoms with Crippen molar-refractivity contribution in [1.29, 1.82) is 0 Å². The molecule has 0 bridgehead atoms. The Kier molecular flexibility index (Phi) is 4.63. The number of rotatable bonds is 3. The van der Waals surface area contributed by atoms with Gasteiger partial charge in [0.1, 0.15) is 0 Å². The third-order valence-corrected chi connectivity index (χ3v) is 4.48. The lowest BCUT2D eigenvalue weighted by molar-refractivity contribution is 0.101. The van der Waals surface area contributed by atoms with Crippen molar-refractivity contribution >= 4 is 15.9 Å². The standard InChI is InChI=1S/C15H22BrN/c1-3-12(2)17-11-5-4-6-15(17)13-7-9-14(16)10-8-13/h7-10,12,15H,3-6,11H2,1-2H3. The fourth-order valence-corrected chi connectivity index (χ4v) is 3.02. The predicted molar refractivity (Wildman–Crippen MR) is 77.2 cm³/mol. The minimum Gasteiger partial charge on any atom is -0.294 e. The lowest BCUT2D eigenvalue weighted by Gasteiger charge is -2.40. The van der Waals surface area contributed by atoms with Crippen molar-refractivity contribution in [2.24, 2.45) is 0 Å². The third-order valence-electron chi connectivity index (χ3n) is 3.96. The molecular formula is C15H22BrN. The average Bonchev–Trinajstić information content (AvgIpc) is 2.39. The topological polar surface area (TPSA) is 3.24 Å². The molecule has 0 aromatic heterocycles. The number of hydrogen-bond acceptors (Lipinski definition) is 1. The van der Waals surface area contributed by atoms with E-state index in [1.807, 2.05) is 0 Å². The molecule has 2 atom stereocenters. The molecular weight excluding hydrogens is 274 g/mol. The van der Waals surface area contributed by atoms with Crippen LogP contribution in [0.5, 0.6) is 0 Å². The summed E-state index contributed by atoms with van der Waals surface area (Å²) in [6.07, 6.45) is 5.28. The molecule has 1 aromatic carbocycles. The first-order valence-corrected chi connectivity index (χ1v) is 7.53. The fourth-order valence-electron chi connectivity index (χ4n) is 2.76. The molecule has 1 nitrogen and oxygen atoms in total. The number of halogens is 1. The molecule has 1 aliphatic heterocycles. The molecule has 0 spiro atoms. The van der Waals surface area contributed by atoms with E-state index in [1.54, 1.807) is 0 Å². The lowest BCUT2D eigenvalue weighted by atomic mass is 9.93. The van der Waals surface area contributed by atoms with Gasteiger partial charge in [-0.3, -0.25) is 4.90 Å². The highest BCUT2D eigenvalue weighted by atomic mass is 79.9. The molecule has 17 heavy (non-hydrogen) atoms. The van der Waals surface area contributed by atoms with Crippen molar-refractivity contribution in [3.63, 3.8) is 0 Å². The van der Waals surface area contributed by atoms with E-state index in [-0.39, 0.29) is 0 Å². The highest BCUT2D eigenvalue weighted by molar-refractivity contribution is 9.10. The third kappa shape index (κ3) is 3.11. The first-order chi connectivity index (χ1) is 8.22. The number of likely N-dealkylation sites (tertiary alicyclic amines) is 1. The largest absolute Gasteiger partial charge is 0.294 e. The Bertz CT molecular complexity index is 346. The summed E-state index contributed by atoms with van der Waals surface area (Å²) in [6.45, 7) is 5.91. The highest BCUT2D eigenvalue weighted by Gasteiger charge is 2.26. The minimum absolute atomic E-state index is 0.631. The van der Waals surface area contributed by atoms with Crippen LogP contribution in [0.3, 0.4) is 0 Å². The Balaban J connectivity index is 2.18. The maximum atomic E-state index is 3.51. The van der Waals surface area contributed by atoms with E-state index in [1.165, 1.54) is 42.3 Å². The molecule has 1 fully saturated rings. The van der Waals surface area contributed by atoms with E-state index in [4.69, 9.17) is 0 Å². The molecule has 1 heterocycles. The molecule has 2 rings (SSSR count). The summed E-state index contributed by atoms with van der Waals surface area (Å²) in [5, 5.41) is 0. The maximum Gasteiger partial charge on any atom is 0.0350 e. The van der Waals surface area contributed by atoms with Crippen molar-refractivity contribution in [3.05, 3.63) is 34.3 Å². The number of hydrogen-bond donors (Lipinski definition) is 0. The summed E-state index contributed by atoms with van der Waals surface area (Å²) >= 11 is 3.51. The molecule has 1 aliphatic rings. The van der Waals surface area contributed by atoms with E-state index in [2.05, 4.69) is 58.9 Å². The molecule has 0 aliphatic carbocycles. The minimum atomic E-state index is 0.631. The van der Waals surface area contributed by atoms with Crippen LogP contribution in [0.2, 0.25) is 0 Å². The van der Waals surface area contributed by atoms with Gasteiger partial charge in [0.25, 0.3) is 0 Å². The Morgan fingerprint density at radius 1 is 1.29 bits per heavy atom. The SMILES string of the molecule is CCC(C)N1CCCCC1c1ccc(Br)cc1. The second-order valence-electron chi connectivity index (χ2n) is 5.06. The Morgan fingerprint density at radius 3 is 2.65 bits per heavy atom. The van der Waals surface area contributed by atoms with Gasteiger partial charge in [-0.1, -0.05) is 41.4 Å². The second kappa shape index (κ2) is 6.01. The predicted octanol–water partition coefficient (Wildman–Crippen LogP) is 4.77. The molecule has 1 saturated heterocycles. The summed E-state index contributed by atoms with van der Waals surface area (Å²) in [7, 11) is 0. The molecule has 2 heteroatoms. The zero-order chi connectivity index (χ0) is 12.3.